The maximum Gasteiger partial charge on any atom is 0.326 e. The Morgan fingerprint density at radius 1 is 1.42 bits per heavy atom. The third-order valence-electron chi connectivity index (χ3n) is 2.58. The van der Waals surface area contributed by atoms with Crippen LogP contribution in [0, 0.1) is 10.1 Å². The second kappa shape index (κ2) is 6.48. The Bertz CT molecular complexity index is 501. The summed E-state index contributed by atoms with van der Waals surface area (Å²) in [4.78, 5) is 32.6. The molecule has 7 nitrogen and oxygen atoms in total. The number of carboxylic acids is 1. The average Bonchev–Trinajstić information content (AvgIpc) is 2.35. The predicted molar refractivity (Wildman–Crippen MR) is 66.7 cm³/mol. The van der Waals surface area contributed by atoms with Gasteiger partial charge in [0.1, 0.15) is 6.04 Å². The summed E-state index contributed by atoms with van der Waals surface area (Å²) in [6, 6.07) is 4.89. The molecule has 7 heteroatoms. The number of aliphatic carboxylic acids is 1. The standard InChI is InChI=1S/C12H14N2O5/c1-2-9(12(16)17)13-11(15)7-8-5-3-4-6-10(8)14(18)19/h3-6,9H,2,7H2,1H3,(H,13,15)(H,16,17)/t9-/m1/s1. The number of amides is 1. The average molecular weight is 266 g/mol. The summed E-state index contributed by atoms with van der Waals surface area (Å²) in [6.45, 7) is 1.63. The molecular weight excluding hydrogens is 252 g/mol. The van der Waals surface area contributed by atoms with Crippen molar-refractivity contribution in [2.45, 2.75) is 25.8 Å². The van der Waals surface area contributed by atoms with Crippen LogP contribution in [0.4, 0.5) is 5.69 Å². The van der Waals surface area contributed by atoms with Crippen molar-refractivity contribution in [2.24, 2.45) is 0 Å². The van der Waals surface area contributed by atoms with Gasteiger partial charge in [0.2, 0.25) is 5.91 Å². The molecule has 1 rings (SSSR count). The zero-order valence-corrected chi connectivity index (χ0v) is 10.3. The lowest BCUT2D eigenvalue weighted by molar-refractivity contribution is -0.385. The third-order valence-corrected chi connectivity index (χ3v) is 2.58. The summed E-state index contributed by atoms with van der Waals surface area (Å²) >= 11 is 0. The molecule has 0 saturated carbocycles. The van der Waals surface area contributed by atoms with Gasteiger partial charge in [-0.2, -0.15) is 0 Å². The Morgan fingerprint density at radius 3 is 2.58 bits per heavy atom. The van der Waals surface area contributed by atoms with Crippen LogP contribution in [-0.2, 0) is 16.0 Å². The van der Waals surface area contributed by atoms with Crippen molar-refractivity contribution in [3.63, 3.8) is 0 Å². The van der Waals surface area contributed by atoms with Gasteiger partial charge in [-0.25, -0.2) is 4.79 Å². The highest BCUT2D eigenvalue weighted by Gasteiger charge is 2.20. The van der Waals surface area contributed by atoms with Crippen molar-refractivity contribution in [1.29, 1.82) is 0 Å². The topological polar surface area (TPSA) is 110 Å². The van der Waals surface area contributed by atoms with Crippen molar-refractivity contribution in [2.75, 3.05) is 0 Å². The third kappa shape index (κ3) is 4.06. The van der Waals surface area contributed by atoms with E-state index in [4.69, 9.17) is 5.11 Å². The van der Waals surface area contributed by atoms with E-state index in [9.17, 15) is 19.7 Å². The van der Waals surface area contributed by atoms with Crippen LogP contribution in [0.2, 0.25) is 0 Å². The van der Waals surface area contributed by atoms with Gasteiger partial charge in [0.05, 0.1) is 11.3 Å². The molecule has 0 unspecified atom stereocenters. The molecular formula is C12H14N2O5. The first-order chi connectivity index (χ1) is 8.95. The number of benzene rings is 1. The van der Waals surface area contributed by atoms with Gasteiger partial charge in [0.25, 0.3) is 5.69 Å². The number of hydrogen-bond acceptors (Lipinski definition) is 4. The molecule has 0 aliphatic rings. The van der Waals surface area contributed by atoms with Crippen LogP contribution in [-0.4, -0.2) is 27.9 Å². The van der Waals surface area contributed by atoms with E-state index < -0.39 is 22.8 Å². The molecule has 0 aliphatic carbocycles. The van der Waals surface area contributed by atoms with E-state index in [0.717, 1.165) is 0 Å². The first kappa shape index (κ1) is 14.6. The van der Waals surface area contributed by atoms with Gasteiger partial charge >= 0.3 is 5.97 Å². The summed E-state index contributed by atoms with van der Waals surface area (Å²) in [6.07, 6.45) is 0.0267. The smallest absolute Gasteiger partial charge is 0.326 e. The second-order valence-corrected chi connectivity index (χ2v) is 3.93. The van der Waals surface area contributed by atoms with Gasteiger partial charge in [-0.15, -0.1) is 0 Å². The van der Waals surface area contributed by atoms with Crippen LogP contribution in [0.1, 0.15) is 18.9 Å². The zero-order chi connectivity index (χ0) is 14.4. The molecule has 1 atom stereocenters. The molecule has 1 amide bonds. The van der Waals surface area contributed by atoms with Crippen LogP contribution in [0.25, 0.3) is 0 Å². The lowest BCUT2D eigenvalue weighted by Gasteiger charge is -2.12. The first-order valence-corrected chi connectivity index (χ1v) is 5.70. The van der Waals surface area contributed by atoms with Crippen molar-refractivity contribution >= 4 is 17.6 Å². The lowest BCUT2D eigenvalue weighted by atomic mass is 10.1. The molecule has 2 N–H and O–H groups in total. The highest BCUT2D eigenvalue weighted by atomic mass is 16.6. The Hall–Kier alpha value is -2.44. The number of nitro benzene ring substituents is 1. The number of carbonyl (C=O) groups is 2. The number of carboxylic acid groups (broad SMARTS) is 1. The van der Waals surface area contributed by atoms with Gasteiger partial charge in [0.15, 0.2) is 0 Å². The normalized spacial score (nSPS) is 11.6. The Kier molecular flexibility index (Phi) is 4.99. The summed E-state index contributed by atoms with van der Waals surface area (Å²) in [5, 5.41) is 21.9. The molecule has 102 valence electrons. The molecule has 0 bridgehead atoms. The Balaban J connectivity index is 2.77. The van der Waals surface area contributed by atoms with Crippen LogP contribution < -0.4 is 5.32 Å². The summed E-state index contributed by atoms with van der Waals surface area (Å²) in [7, 11) is 0. The van der Waals surface area contributed by atoms with Crippen molar-refractivity contribution < 1.29 is 19.6 Å². The van der Waals surface area contributed by atoms with Crippen molar-refractivity contribution in [3.8, 4) is 0 Å². The number of carbonyl (C=O) groups excluding carboxylic acids is 1. The van der Waals surface area contributed by atoms with Crippen LogP contribution >= 0.6 is 0 Å². The number of para-hydroxylation sites is 1. The van der Waals surface area contributed by atoms with Crippen LogP contribution in [0.3, 0.4) is 0 Å². The predicted octanol–water partition coefficient (Wildman–Crippen LogP) is 1.12. The molecule has 1 aromatic rings. The molecule has 0 heterocycles. The van der Waals surface area contributed by atoms with E-state index >= 15 is 0 Å². The highest BCUT2D eigenvalue weighted by molar-refractivity contribution is 5.85. The molecule has 0 radical (unpaired) electrons. The quantitative estimate of drug-likeness (QED) is 0.592. The minimum atomic E-state index is -1.13. The summed E-state index contributed by atoms with van der Waals surface area (Å²) in [5.74, 6) is -1.68. The minimum Gasteiger partial charge on any atom is -0.480 e. The molecule has 0 saturated heterocycles. The van der Waals surface area contributed by atoms with Crippen molar-refractivity contribution in [3.05, 3.63) is 39.9 Å². The Labute approximate surface area is 109 Å². The molecule has 0 aliphatic heterocycles. The fraction of sp³-hybridized carbons (Fsp3) is 0.333. The fourth-order valence-electron chi connectivity index (χ4n) is 1.60. The van der Waals surface area contributed by atoms with E-state index in [2.05, 4.69) is 5.32 Å². The molecule has 0 fully saturated rings. The number of hydrogen-bond donors (Lipinski definition) is 2. The molecule has 0 aromatic heterocycles. The van der Waals surface area contributed by atoms with E-state index in [1.807, 2.05) is 0 Å². The largest absolute Gasteiger partial charge is 0.480 e. The fourth-order valence-corrected chi connectivity index (χ4v) is 1.60. The van der Waals surface area contributed by atoms with Gasteiger partial charge in [-0.1, -0.05) is 25.1 Å². The van der Waals surface area contributed by atoms with Crippen LogP contribution in [0.5, 0.6) is 0 Å². The number of nitrogens with zero attached hydrogens (tertiary/aromatic N) is 1. The Morgan fingerprint density at radius 2 is 2.05 bits per heavy atom. The minimum absolute atomic E-state index is 0.152. The van der Waals surface area contributed by atoms with E-state index in [1.165, 1.54) is 18.2 Å². The van der Waals surface area contributed by atoms with Gasteiger partial charge in [-0.3, -0.25) is 14.9 Å². The van der Waals surface area contributed by atoms with Crippen molar-refractivity contribution in [1.82, 2.24) is 5.32 Å². The zero-order valence-electron chi connectivity index (χ0n) is 10.3. The van der Waals surface area contributed by atoms with Gasteiger partial charge in [0, 0.05) is 11.6 Å². The van der Waals surface area contributed by atoms with E-state index in [-0.39, 0.29) is 24.1 Å². The SMILES string of the molecule is CC[C@@H](NC(=O)Cc1ccccc1[N+](=O)[O-])C(=O)O. The van der Waals surface area contributed by atoms with E-state index in [0.29, 0.717) is 0 Å². The van der Waals surface area contributed by atoms with Crippen LogP contribution in [0.15, 0.2) is 24.3 Å². The first-order valence-electron chi connectivity index (χ1n) is 5.70. The number of rotatable bonds is 6. The number of nitrogens with one attached hydrogen (secondary N) is 1. The highest BCUT2D eigenvalue weighted by Crippen LogP contribution is 2.18. The summed E-state index contributed by atoms with van der Waals surface area (Å²) in [5.41, 5.74) is 0.103. The van der Waals surface area contributed by atoms with Gasteiger partial charge in [-0.05, 0) is 6.42 Å². The van der Waals surface area contributed by atoms with Gasteiger partial charge < -0.3 is 10.4 Å². The maximum absolute atomic E-state index is 11.7. The number of nitro groups is 1. The second-order valence-electron chi connectivity index (χ2n) is 3.93. The molecule has 19 heavy (non-hydrogen) atoms. The van der Waals surface area contributed by atoms with E-state index in [1.54, 1.807) is 13.0 Å². The summed E-state index contributed by atoms with van der Waals surface area (Å²) < 4.78 is 0. The maximum atomic E-state index is 11.7. The molecule has 0 spiro atoms. The molecule has 1 aromatic carbocycles. The lowest BCUT2D eigenvalue weighted by Crippen LogP contribution is -2.41. The monoisotopic (exact) mass is 266 g/mol.